The lowest BCUT2D eigenvalue weighted by Gasteiger charge is -2.08. The van der Waals surface area contributed by atoms with Gasteiger partial charge in [0.2, 0.25) is 5.88 Å². The maximum atomic E-state index is 12.7. The Balaban J connectivity index is 1.53. The topological polar surface area (TPSA) is 101 Å². The van der Waals surface area contributed by atoms with E-state index in [9.17, 15) is 13.2 Å². The maximum Gasteiger partial charge on any atom is 0.267 e. The lowest BCUT2D eigenvalue weighted by Crippen LogP contribution is -2.14. The Morgan fingerprint density at radius 2 is 1.81 bits per heavy atom. The van der Waals surface area contributed by atoms with E-state index in [4.69, 9.17) is 16.1 Å². The Kier molecular flexibility index (Phi) is 5.50. The first-order valence-electron chi connectivity index (χ1n) is 9.21. The summed E-state index contributed by atoms with van der Waals surface area (Å²) in [7, 11) is -3.86. The van der Waals surface area contributed by atoms with E-state index in [0.717, 1.165) is 15.6 Å². The van der Waals surface area contributed by atoms with E-state index < -0.39 is 10.0 Å². The third-order valence-electron chi connectivity index (χ3n) is 4.80. The molecular weight excluding hydrogens is 458 g/mol. The second-order valence-electron chi connectivity index (χ2n) is 7.05. The summed E-state index contributed by atoms with van der Waals surface area (Å²) in [6.45, 7) is 5.41. The van der Waals surface area contributed by atoms with Gasteiger partial charge in [0.15, 0.2) is 0 Å². The van der Waals surface area contributed by atoms with E-state index in [1.807, 2.05) is 25.1 Å². The van der Waals surface area contributed by atoms with Crippen LogP contribution in [0.2, 0.25) is 5.02 Å². The van der Waals surface area contributed by atoms with E-state index >= 15 is 0 Å². The molecule has 31 heavy (non-hydrogen) atoms. The SMILES string of the molecule is Cc1ccc2c(Cl)c(C(=O)Nc3ccc(S(=O)(=O)Nc4onc(C)c4C)cc3)sc2c1. The van der Waals surface area contributed by atoms with Crippen LogP contribution in [-0.4, -0.2) is 19.5 Å². The molecule has 2 N–H and O–H groups in total. The molecule has 0 spiro atoms. The molecule has 0 atom stereocenters. The molecule has 0 fully saturated rings. The highest BCUT2D eigenvalue weighted by Gasteiger charge is 2.20. The zero-order valence-electron chi connectivity index (χ0n) is 16.8. The van der Waals surface area contributed by atoms with Gasteiger partial charge in [0.25, 0.3) is 15.9 Å². The number of amides is 1. The number of aryl methyl sites for hydroxylation is 2. The fraction of sp³-hybridized carbons (Fsp3) is 0.143. The monoisotopic (exact) mass is 475 g/mol. The van der Waals surface area contributed by atoms with Gasteiger partial charge >= 0.3 is 0 Å². The van der Waals surface area contributed by atoms with Crippen LogP contribution in [0.3, 0.4) is 0 Å². The molecule has 2 aromatic carbocycles. The number of fused-ring (bicyclic) bond motifs is 1. The molecular formula is C21H18ClN3O4S2. The number of nitrogens with one attached hydrogen (secondary N) is 2. The minimum absolute atomic E-state index is 0.0225. The summed E-state index contributed by atoms with van der Waals surface area (Å²) in [5.74, 6) is -0.283. The van der Waals surface area contributed by atoms with Crippen molar-refractivity contribution in [1.29, 1.82) is 0 Å². The number of halogens is 1. The molecule has 0 bridgehead atoms. The smallest absolute Gasteiger partial charge is 0.267 e. The first-order valence-corrected chi connectivity index (χ1v) is 11.9. The molecule has 0 aliphatic rings. The van der Waals surface area contributed by atoms with Crippen molar-refractivity contribution >= 4 is 60.5 Å². The van der Waals surface area contributed by atoms with Crippen molar-refractivity contribution in [3.05, 3.63) is 69.2 Å². The van der Waals surface area contributed by atoms with Crippen LogP contribution in [0.4, 0.5) is 11.6 Å². The van der Waals surface area contributed by atoms with Gasteiger partial charge in [-0.15, -0.1) is 11.3 Å². The number of hydrogen-bond donors (Lipinski definition) is 2. The number of anilines is 2. The number of nitrogens with zero attached hydrogens (tertiary/aromatic N) is 1. The average molecular weight is 476 g/mol. The van der Waals surface area contributed by atoms with E-state index in [0.29, 0.717) is 26.8 Å². The molecule has 4 aromatic rings. The third-order valence-corrected chi connectivity index (χ3v) is 7.80. The van der Waals surface area contributed by atoms with Crippen molar-refractivity contribution in [2.75, 3.05) is 10.0 Å². The average Bonchev–Trinajstić information content (AvgIpc) is 3.21. The number of hydrogen-bond acceptors (Lipinski definition) is 6. The van der Waals surface area contributed by atoms with E-state index in [-0.39, 0.29) is 16.7 Å². The Hall–Kier alpha value is -2.88. The van der Waals surface area contributed by atoms with Gasteiger partial charge in [0.05, 0.1) is 15.6 Å². The normalized spacial score (nSPS) is 11.6. The summed E-state index contributed by atoms with van der Waals surface area (Å²) >= 11 is 7.71. The van der Waals surface area contributed by atoms with Gasteiger partial charge in [-0.1, -0.05) is 28.9 Å². The maximum absolute atomic E-state index is 12.7. The highest BCUT2D eigenvalue weighted by Crippen LogP contribution is 2.36. The first-order chi connectivity index (χ1) is 14.7. The molecule has 0 saturated heterocycles. The molecule has 160 valence electrons. The van der Waals surface area contributed by atoms with Crippen molar-refractivity contribution in [3.8, 4) is 0 Å². The lowest BCUT2D eigenvalue weighted by molar-refractivity contribution is 0.103. The van der Waals surface area contributed by atoms with Crippen molar-refractivity contribution in [3.63, 3.8) is 0 Å². The van der Waals surface area contributed by atoms with Crippen LogP contribution in [0.5, 0.6) is 0 Å². The summed E-state index contributed by atoms with van der Waals surface area (Å²) in [5, 5.41) is 7.72. The Labute approximate surface area is 188 Å². The van der Waals surface area contributed by atoms with Gasteiger partial charge < -0.3 is 9.84 Å². The molecule has 0 aliphatic heterocycles. The summed E-state index contributed by atoms with van der Waals surface area (Å²) < 4.78 is 33.5. The largest absolute Gasteiger partial charge is 0.337 e. The summed E-state index contributed by atoms with van der Waals surface area (Å²) in [5.41, 5.74) is 2.74. The van der Waals surface area contributed by atoms with E-state index in [1.165, 1.54) is 35.6 Å². The number of benzene rings is 2. The Bertz CT molecular complexity index is 1410. The predicted octanol–water partition coefficient (Wildman–Crippen LogP) is 5.52. The van der Waals surface area contributed by atoms with Crippen LogP contribution in [-0.2, 0) is 10.0 Å². The van der Waals surface area contributed by atoms with Gasteiger partial charge in [-0.05, 0) is 56.7 Å². The summed E-state index contributed by atoms with van der Waals surface area (Å²) in [6.07, 6.45) is 0. The minimum Gasteiger partial charge on any atom is -0.337 e. The Morgan fingerprint density at radius 1 is 1.10 bits per heavy atom. The van der Waals surface area contributed by atoms with E-state index in [1.54, 1.807) is 13.8 Å². The van der Waals surface area contributed by atoms with Crippen molar-refractivity contribution in [2.45, 2.75) is 25.7 Å². The van der Waals surface area contributed by atoms with Gasteiger partial charge in [0, 0.05) is 21.3 Å². The van der Waals surface area contributed by atoms with Gasteiger partial charge in [-0.25, -0.2) is 13.1 Å². The lowest BCUT2D eigenvalue weighted by atomic mass is 10.2. The second kappa shape index (κ2) is 7.99. The number of carbonyl (C=O) groups is 1. The first kappa shape index (κ1) is 21.4. The van der Waals surface area contributed by atoms with Crippen LogP contribution in [0, 0.1) is 20.8 Å². The highest BCUT2D eigenvalue weighted by molar-refractivity contribution is 7.92. The van der Waals surface area contributed by atoms with Crippen LogP contribution < -0.4 is 10.0 Å². The van der Waals surface area contributed by atoms with Crippen molar-refractivity contribution in [1.82, 2.24) is 5.16 Å². The van der Waals surface area contributed by atoms with Crippen LogP contribution in [0.1, 0.15) is 26.5 Å². The minimum atomic E-state index is -3.86. The van der Waals surface area contributed by atoms with Gasteiger partial charge in [-0.2, -0.15) is 0 Å². The number of aromatic nitrogens is 1. The quantitative estimate of drug-likeness (QED) is 0.395. The summed E-state index contributed by atoms with van der Waals surface area (Å²) in [6, 6.07) is 11.6. The van der Waals surface area contributed by atoms with Crippen LogP contribution >= 0.6 is 22.9 Å². The molecule has 0 saturated carbocycles. The number of thiophene rings is 1. The fourth-order valence-corrected chi connectivity index (χ4v) is 5.47. The molecule has 1 amide bonds. The van der Waals surface area contributed by atoms with Crippen molar-refractivity contribution in [2.24, 2.45) is 0 Å². The molecule has 0 unspecified atom stereocenters. The summed E-state index contributed by atoms with van der Waals surface area (Å²) in [4.78, 5) is 13.1. The molecule has 0 aliphatic carbocycles. The fourth-order valence-electron chi connectivity index (χ4n) is 2.92. The van der Waals surface area contributed by atoms with E-state index in [2.05, 4.69) is 15.2 Å². The van der Waals surface area contributed by atoms with Gasteiger partial charge in [-0.3, -0.25) is 4.79 Å². The molecule has 7 nitrogen and oxygen atoms in total. The number of rotatable bonds is 5. The molecule has 2 heterocycles. The molecule has 2 aromatic heterocycles. The third kappa shape index (κ3) is 4.16. The zero-order valence-corrected chi connectivity index (χ0v) is 19.2. The number of sulfonamides is 1. The molecule has 4 rings (SSSR count). The highest BCUT2D eigenvalue weighted by atomic mass is 35.5. The Morgan fingerprint density at radius 3 is 2.45 bits per heavy atom. The predicted molar refractivity (Wildman–Crippen MR) is 123 cm³/mol. The standard InChI is InChI=1S/C21H18ClN3O4S2/c1-11-4-9-16-17(10-11)30-19(18(16)22)20(26)23-14-5-7-15(8-6-14)31(27,28)25-21-12(2)13(3)24-29-21/h4-10,25H,1-3H3,(H,23,26). The molecule has 0 radical (unpaired) electrons. The van der Waals surface area contributed by atoms with Crippen LogP contribution in [0.25, 0.3) is 10.1 Å². The van der Waals surface area contributed by atoms with Crippen LogP contribution in [0.15, 0.2) is 51.9 Å². The molecule has 10 heteroatoms. The van der Waals surface area contributed by atoms with Gasteiger partial charge in [0.1, 0.15) is 4.88 Å². The van der Waals surface area contributed by atoms with Crippen molar-refractivity contribution < 1.29 is 17.7 Å². The second-order valence-corrected chi connectivity index (χ2v) is 10.2. The zero-order chi connectivity index (χ0) is 22.3. The number of carbonyl (C=O) groups excluding carboxylic acids is 1.